The van der Waals surface area contributed by atoms with Gasteiger partial charge in [0.2, 0.25) is 21.8 Å². The number of nitrogens with one attached hydrogen (secondary N) is 2. The first-order valence-corrected chi connectivity index (χ1v) is 6.98. The van der Waals surface area contributed by atoms with Crippen LogP contribution in [-0.4, -0.2) is 55.5 Å². The van der Waals surface area contributed by atoms with Gasteiger partial charge in [-0.05, 0) is 19.9 Å². The Hall–Kier alpha value is -0.990. The van der Waals surface area contributed by atoms with Gasteiger partial charge >= 0.3 is 0 Å². The Morgan fingerprint density at radius 2 is 2.06 bits per heavy atom. The van der Waals surface area contributed by atoms with Crippen molar-refractivity contribution >= 4 is 21.8 Å². The van der Waals surface area contributed by atoms with Gasteiger partial charge in [-0.3, -0.25) is 14.9 Å². The number of hydrogen-bond acceptors (Lipinski definition) is 5. The number of sulfonamides is 1. The molecule has 96 valence electrons. The highest BCUT2D eigenvalue weighted by Crippen LogP contribution is 2.19. The molecule has 0 aromatic heterocycles. The molecule has 2 saturated heterocycles. The first kappa shape index (κ1) is 12.5. The molecule has 2 aliphatic rings. The molecule has 17 heavy (non-hydrogen) atoms. The lowest BCUT2D eigenvalue weighted by atomic mass is 10.2. The van der Waals surface area contributed by atoms with Crippen molar-refractivity contribution in [2.45, 2.75) is 24.6 Å². The van der Waals surface area contributed by atoms with Crippen LogP contribution in [0.5, 0.6) is 0 Å². The molecule has 0 aliphatic carbocycles. The summed E-state index contributed by atoms with van der Waals surface area (Å²) >= 11 is 0. The maximum atomic E-state index is 12.2. The van der Waals surface area contributed by atoms with E-state index in [0.29, 0.717) is 19.5 Å². The van der Waals surface area contributed by atoms with E-state index in [9.17, 15) is 18.0 Å². The first-order chi connectivity index (χ1) is 7.93. The van der Waals surface area contributed by atoms with Gasteiger partial charge in [0.25, 0.3) is 0 Å². The van der Waals surface area contributed by atoms with E-state index in [0.717, 1.165) is 4.31 Å². The van der Waals surface area contributed by atoms with Crippen molar-refractivity contribution in [1.29, 1.82) is 0 Å². The van der Waals surface area contributed by atoms with Gasteiger partial charge in [-0.15, -0.1) is 0 Å². The molecule has 0 saturated carbocycles. The highest BCUT2D eigenvalue weighted by molar-refractivity contribution is 7.89. The number of carbonyl (C=O) groups excluding carboxylic acids is 2. The molecular formula is C9H15N3O4S. The fourth-order valence-electron chi connectivity index (χ4n) is 2.07. The number of nitrogens with zero attached hydrogens (tertiary/aromatic N) is 1. The van der Waals surface area contributed by atoms with E-state index >= 15 is 0 Å². The Labute approximate surface area is 99.6 Å². The summed E-state index contributed by atoms with van der Waals surface area (Å²) < 4.78 is 25.5. The van der Waals surface area contributed by atoms with Gasteiger partial charge in [0.05, 0.1) is 11.8 Å². The second-order valence-corrected chi connectivity index (χ2v) is 6.46. The molecule has 2 aliphatic heterocycles. The second kappa shape index (κ2) is 4.35. The largest absolute Gasteiger partial charge is 0.315 e. The lowest BCUT2D eigenvalue weighted by Gasteiger charge is -2.32. The smallest absolute Gasteiger partial charge is 0.244 e. The van der Waals surface area contributed by atoms with E-state index in [1.807, 2.05) is 0 Å². The molecule has 7 nitrogen and oxygen atoms in total. The normalized spacial score (nSPS) is 31.6. The quantitative estimate of drug-likeness (QED) is 0.562. The van der Waals surface area contributed by atoms with E-state index in [2.05, 4.69) is 10.6 Å². The molecule has 2 rings (SSSR count). The van der Waals surface area contributed by atoms with Crippen LogP contribution in [-0.2, 0) is 19.6 Å². The van der Waals surface area contributed by atoms with Gasteiger partial charge in [-0.2, -0.15) is 4.31 Å². The number of amides is 2. The van der Waals surface area contributed by atoms with Crippen molar-refractivity contribution in [3.8, 4) is 0 Å². The van der Waals surface area contributed by atoms with Gasteiger partial charge in [0.15, 0.2) is 0 Å². The third kappa shape index (κ3) is 2.20. The molecule has 2 N–H and O–H groups in total. The van der Waals surface area contributed by atoms with Crippen molar-refractivity contribution in [2.75, 3.05) is 19.6 Å². The lowest BCUT2D eigenvalue weighted by Crippen LogP contribution is -2.60. The van der Waals surface area contributed by atoms with E-state index in [1.165, 1.54) is 6.92 Å². The van der Waals surface area contributed by atoms with Crippen LogP contribution in [0.4, 0.5) is 0 Å². The topological polar surface area (TPSA) is 95.6 Å². The number of imide groups is 1. The Bertz CT molecular complexity index is 441. The Morgan fingerprint density at radius 1 is 1.35 bits per heavy atom. The van der Waals surface area contributed by atoms with Gasteiger partial charge in [0, 0.05) is 6.54 Å². The molecule has 0 bridgehead atoms. The molecule has 2 amide bonds. The molecule has 2 unspecified atom stereocenters. The van der Waals surface area contributed by atoms with Crippen LogP contribution in [0, 0.1) is 0 Å². The molecule has 0 spiro atoms. The number of carbonyl (C=O) groups is 2. The molecule has 2 heterocycles. The summed E-state index contributed by atoms with van der Waals surface area (Å²) in [6, 6.07) is -0.821. The lowest BCUT2D eigenvalue weighted by molar-refractivity contribution is -0.136. The van der Waals surface area contributed by atoms with Crippen LogP contribution < -0.4 is 10.6 Å². The maximum Gasteiger partial charge on any atom is 0.244 e. The zero-order valence-corrected chi connectivity index (χ0v) is 10.3. The fraction of sp³-hybridized carbons (Fsp3) is 0.778. The number of piperazine rings is 1. The fourth-order valence-corrected chi connectivity index (χ4v) is 4.04. The van der Waals surface area contributed by atoms with Crippen molar-refractivity contribution in [2.24, 2.45) is 0 Å². The van der Waals surface area contributed by atoms with Crippen LogP contribution in [0.25, 0.3) is 0 Å². The molecule has 2 fully saturated rings. The molecule has 0 aromatic carbocycles. The highest BCUT2D eigenvalue weighted by atomic mass is 32.2. The van der Waals surface area contributed by atoms with Crippen LogP contribution in [0.15, 0.2) is 0 Å². The standard InChI is InChI=1S/C9H15N3O4S/c1-6-9(14)11-8(13)5-12(6)17(15,16)7-2-3-10-4-7/h6-7,10H,2-5H2,1H3,(H,11,13,14). The molecule has 8 heteroatoms. The van der Waals surface area contributed by atoms with Crippen LogP contribution >= 0.6 is 0 Å². The zero-order chi connectivity index (χ0) is 12.6. The Balaban J connectivity index is 2.25. The zero-order valence-electron chi connectivity index (χ0n) is 9.47. The minimum Gasteiger partial charge on any atom is -0.315 e. The van der Waals surface area contributed by atoms with Gasteiger partial charge < -0.3 is 5.32 Å². The van der Waals surface area contributed by atoms with Crippen LogP contribution in [0.2, 0.25) is 0 Å². The SMILES string of the molecule is CC1C(=O)NC(=O)CN1S(=O)(=O)C1CCNC1. The predicted molar refractivity (Wildman–Crippen MR) is 59.5 cm³/mol. The summed E-state index contributed by atoms with van der Waals surface area (Å²) in [4.78, 5) is 22.7. The highest BCUT2D eigenvalue weighted by Gasteiger charge is 2.42. The Morgan fingerprint density at radius 3 is 2.65 bits per heavy atom. The third-order valence-electron chi connectivity index (χ3n) is 3.14. The van der Waals surface area contributed by atoms with Crippen molar-refractivity contribution in [3.05, 3.63) is 0 Å². The van der Waals surface area contributed by atoms with Crippen LogP contribution in [0.1, 0.15) is 13.3 Å². The summed E-state index contributed by atoms with van der Waals surface area (Å²) in [6.07, 6.45) is 0.515. The summed E-state index contributed by atoms with van der Waals surface area (Å²) in [5.74, 6) is -1.13. The molecule has 2 atom stereocenters. The van der Waals surface area contributed by atoms with Gasteiger partial charge in [-0.25, -0.2) is 8.42 Å². The third-order valence-corrected chi connectivity index (χ3v) is 5.48. The minimum absolute atomic E-state index is 0.272. The summed E-state index contributed by atoms with van der Waals surface area (Å²) in [6.45, 7) is 2.24. The molecule has 0 radical (unpaired) electrons. The average molecular weight is 261 g/mol. The van der Waals surface area contributed by atoms with Crippen molar-refractivity contribution in [1.82, 2.24) is 14.9 Å². The first-order valence-electron chi connectivity index (χ1n) is 5.48. The predicted octanol–water partition coefficient (Wildman–Crippen LogP) is -1.97. The average Bonchev–Trinajstić information content (AvgIpc) is 2.76. The maximum absolute atomic E-state index is 12.2. The summed E-state index contributed by atoms with van der Waals surface area (Å²) in [7, 11) is -3.59. The van der Waals surface area contributed by atoms with E-state index in [4.69, 9.17) is 0 Å². The number of hydrogen-bond donors (Lipinski definition) is 2. The molecule has 0 aromatic rings. The van der Waals surface area contributed by atoms with E-state index in [1.54, 1.807) is 0 Å². The molecular weight excluding hydrogens is 246 g/mol. The van der Waals surface area contributed by atoms with E-state index in [-0.39, 0.29) is 6.54 Å². The Kier molecular flexibility index (Phi) is 3.19. The van der Waals surface area contributed by atoms with E-state index < -0.39 is 33.1 Å². The number of rotatable bonds is 2. The van der Waals surface area contributed by atoms with Gasteiger partial charge in [-0.1, -0.05) is 0 Å². The summed E-state index contributed by atoms with van der Waals surface area (Å²) in [5.41, 5.74) is 0. The van der Waals surface area contributed by atoms with Crippen LogP contribution in [0.3, 0.4) is 0 Å². The summed E-state index contributed by atoms with van der Waals surface area (Å²) in [5, 5.41) is 4.55. The minimum atomic E-state index is -3.59. The monoisotopic (exact) mass is 261 g/mol. The second-order valence-electron chi connectivity index (χ2n) is 4.29. The van der Waals surface area contributed by atoms with Gasteiger partial charge in [0.1, 0.15) is 6.04 Å². The van der Waals surface area contributed by atoms with Crippen molar-refractivity contribution < 1.29 is 18.0 Å². The van der Waals surface area contributed by atoms with Crippen molar-refractivity contribution in [3.63, 3.8) is 0 Å².